The molecule has 0 atom stereocenters. The molecular weight excluding hydrogens is 313 g/mol. The standard InChI is InChI=1S/C9H8INO4/c1-5-3-6(9(12)15-2)4-7(8(5)10)11(13)14/h3-4H,1-2H3. The van der Waals surface area contributed by atoms with Crippen LogP contribution in [0.2, 0.25) is 0 Å². The number of aryl methyl sites for hydroxylation is 1. The molecule has 0 spiro atoms. The molecule has 0 aliphatic rings. The number of halogens is 1. The van der Waals surface area contributed by atoms with E-state index in [1.54, 1.807) is 13.0 Å². The topological polar surface area (TPSA) is 69.4 Å². The second-order valence-corrected chi connectivity index (χ2v) is 3.95. The van der Waals surface area contributed by atoms with Crippen LogP contribution in [0.4, 0.5) is 5.69 Å². The van der Waals surface area contributed by atoms with Gasteiger partial charge in [-0.3, -0.25) is 10.1 Å². The number of ether oxygens (including phenoxy) is 1. The largest absolute Gasteiger partial charge is 0.465 e. The first kappa shape index (κ1) is 11.9. The highest BCUT2D eigenvalue weighted by Gasteiger charge is 2.18. The van der Waals surface area contributed by atoms with Crippen molar-refractivity contribution in [1.29, 1.82) is 0 Å². The van der Waals surface area contributed by atoms with Crippen molar-refractivity contribution in [3.63, 3.8) is 0 Å². The maximum atomic E-state index is 11.2. The number of rotatable bonds is 2. The van der Waals surface area contributed by atoms with Gasteiger partial charge in [0.1, 0.15) is 0 Å². The van der Waals surface area contributed by atoms with Gasteiger partial charge in [0.05, 0.1) is 21.2 Å². The van der Waals surface area contributed by atoms with Gasteiger partial charge in [-0.1, -0.05) is 0 Å². The molecule has 15 heavy (non-hydrogen) atoms. The third-order valence-electron chi connectivity index (χ3n) is 1.85. The number of nitrogens with zero attached hydrogens (tertiary/aromatic N) is 1. The quantitative estimate of drug-likeness (QED) is 0.363. The molecule has 0 saturated heterocycles. The predicted molar refractivity (Wildman–Crippen MR) is 61.9 cm³/mol. The molecule has 5 nitrogen and oxygen atoms in total. The van der Waals surface area contributed by atoms with E-state index in [0.717, 1.165) is 0 Å². The van der Waals surface area contributed by atoms with E-state index in [9.17, 15) is 14.9 Å². The van der Waals surface area contributed by atoms with Crippen molar-refractivity contribution in [3.8, 4) is 0 Å². The molecule has 1 aromatic carbocycles. The third-order valence-corrected chi connectivity index (χ3v) is 3.26. The molecule has 0 bridgehead atoms. The summed E-state index contributed by atoms with van der Waals surface area (Å²) in [6, 6.07) is 2.79. The van der Waals surface area contributed by atoms with Crippen LogP contribution < -0.4 is 0 Å². The maximum Gasteiger partial charge on any atom is 0.338 e. The first-order chi connectivity index (χ1) is 6.97. The van der Waals surface area contributed by atoms with Gasteiger partial charge in [-0.15, -0.1) is 0 Å². The fourth-order valence-corrected chi connectivity index (χ4v) is 1.63. The Morgan fingerprint density at radius 1 is 1.53 bits per heavy atom. The van der Waals surface area contributed by atoms with E-state index in [0.29, 0.717) is 9.13 Å². The number of methoxy groups -OCH3 is 1. The second-order valence-electron chi connectivity index (χ2n) is 2.87. The number of hydrogen-bond acceptors (Lipinski definition) is 4. The van der Waals surface area contributed by atoms with E-state index in [-0.39, 0.29) is 11.3 Å². The van der Waals surface area contributed by atoms with Gasteiger partial charge >= 0.3 is 5.97 Å². The lowest BCUT2D eigenvalue weighted by Crippen LogP contribution is -2.04. The molecule has 0 radical (unpaired) electrons. The molecule has 0 saturated carbocycles. The third kappa shape index (κ3) is 2.44. The molecule has 0 fully saturated rings. The molecule has 1 rings (SSSR count). The van der Waals surface area contributed by atoms with Crippen molar-refractivity contribution in [2.24, 2.45) is 0 Å². The normalized spacial score (nSPS) is 9.80. The van der Waals surface area contributed by atoms with Gasteiger partial charge in [0.25, 0.3) is 5.69 Å². The first-order valence-electron chi connectivity index (χ1n) is 4.00. The SMILES string of the molecule is COC(=O)c1cc(C)c(I)c([N+](=O)[O-])c1. The highest BCUT2D eigenvalue weighted by Crippen LogP contribution is 2.26. The van der Waals surface area contributed by atoms with Gasteiger partial charge in [-0.2, -0.15) is 0 Å². The van der Waals surface area contributed by atoms with Crippen molar-refractivity contribution >= 4 is 34.2 Å². The zero-order chi connectivity index (χ0) is 11.6. The Balaban J connectivity index is 3.35. The van der Waals surface area contributed by atoms with Gasteiger partial charge < -0.3 is 4.74 Å². The Morgan fingerprint density at radius 3 is 2.60 bits per heavy atom. The Hall–Kier alpha value is -1.18. The average molecular weight is 321 g/mol. The lowest BCUT2D eigenvalue weighted by atomic mass is 10.1. The van der Waals surface area contributed by atoms with Crippen molar-refractivity contribution in [2.45, 2.75) is 6.92 Å². The Labute approximate surface area is 99.7 Å². The van der Waals surface area contributed by atoms with Crippen molar-refractivity contribution in [2.75, 3.05) is 7.11 Å². The lowest BCUT2D eigenvalue weighted by Gasteiger charge is -2.03. The summed E-state index contributed by atoms with van der Waals surface area (Å²) in [7, 11) is 1.24. The summed E-state index contributed by atoms with van der Waals surface area (Å²) in [6.45, 7) is 1.71. The highest BCUT2D eigenvalue weighted by molar-refractivity contribution is 14.1. The van der Waals surface area contributed by atoms with E-state index in [1.165, 1.54) is 13.2 Å². The summed E-state index contributed by atoms with van der Waals surface area (Å²) in [6.07, 6.45) is 0. The predicted octanol–water partition coefficient (Wildman–Crippen LogP) is 2.29. The summed E-state index contributed by atoms with van der Waals surface area (Å²) >= 11 is 1.88. The van der Waals surface area contributed by atoms with E-state index >= 15 is 0 Å². The molecule has 6 heteroatoms. The molecule has 0 aliphatic carbocycles. The molecular formula is C9H8INO4. The molecule has 0 N–H and O–H groups in total. The van der Waals surface area contributed by atoms with Crippen LogP contribution in [0.25, 0.3) is 0 Å². The number of carbonyl (C=O) groups excluding carboxylic acids is 1. The van der Waals surface area contributed by atoms with Gasteiger partial charge in [0.15, 0.2) is 0 Å². The second kappa shape index (κ2) is 4.56. The minimum atomic E-state index is -0.572. The van der Waals surface area contributed by atoms with Crippen LogP contribution in [0.1, 0.15) is 15.9 Å². The van der Waals surface area contributed by atoms with E-state index < -0.39 is 10.9 Å². The minimum Gasteiger partial charge on any atom is -0.465 e. The molecule has 0 heterocycles. The van der Waals surface area contributed by atoms with Crippen molar-refractivity contribution in [3.05, 3.63) is 36.9 Å². The first-order valence-corrected chi connectivity index (χ1v) is 5.08. The van der Waals surface area contributed by atoms with Gasteiger partial charge in [-0.25, -0.2) is 4.79 Å². The van der Waals surface area contributed by atoms with E-state index in [1.807, 2.05) is 22.6 Å². The van der Waals surface area contributed by atoms with Crippen LogP contribution in [-0.4, -0.2) is 18.0 Å². The Bertz CT molecular complexity index is 430. The Kier molecular flexibility index (Phi) is 3.61. The van der Waals surface area contributed by atoms with Crippen molar-refractivity contribution in [1.82, 2.24) is 0 Å². The van der Waals surface area contributed by atoms with Crippen LogP contribution in [-0.2, 0) is 4.74 Å². The van der Waals surface area contributed by atoms with E-state index in [2.05, 4.69) is 4.74 Å². The fourth-order valence-electron chi connectivity index (χ4n) is 1.12. The summed E-state index contributed by atoms with van der Waals surface area (Å²) in [5.74, 6) is -0.572. The van der Waals surface area contributed by atoms with Crippen LogP contribution in [0.15, 0.2) is 12.1 Å². The molecule has 0 aromatic heterocycles. The molecule has 80 valence electrons. The van der Waals surface area contributed by atoms with Gasteiger partial charge in [0.2, 0.25) is 0 Å². The number of esters is 1. The summed E-state index contributed by atoms with van der Waals surface area (Å²) in [4.78, 5) is 21.4. The molecule has 0 aliphatic heterocycles. The molecule has 1 aromatic rings. The van der Waals surface area contributed by atoms with Crippen LogP contribution in [0.3, 0.4) is 0 Å². The Morgan fingerprint density at radius 2 is 2.13 bits per heavy atom. The number of nitro groups is 1. The average Bonchev–Trinajstić information content (AvgIpc) is 2.20. The monoisotopic (exact) mass is 321 g/mol. The lowest BCUT2D eigenvalue weighted by molar-refractivity contribution is -0.385. The van der Waals surface area contributed by atoms with Crippen LogP contribution in [0.5, 0.6) is 0 Å². The number of benzene rings is 1. The van der Waals surface area contributed by atoms with Gasteiger partial charge in [0, 0.05) is 6.07 Å². The fraction of sp³-hybridized carbons (Fsp3) is 0.222. The number of nitro benzene ring substituents is 1. The van der Waals surface area contributed by atoms with Crippen molar-refractivity contribution < 1.29 is 14.5 Å². The van der Waals surface area contributed by atoms with Gasteiger partial charge in [-0.05, 0) is 41.1 Å². The minimum absolute atomic E-state index is 0.0731. The zero-order valence-corrected chi connectivity index (χ0v) is 10.3. The highest BCUT2D eigenvalue weighted by atomic mass is 127. The van der Waals surface area contributed by atoms with Crippen LogP contribution in [0, 0.1) is 20.6 Å². The summed E-state index contributed by atoms with van der Waals surface area (Å²) < 4.78 is 5.03. The van der Waals surface area contributed by atoms with Crippen LogP contribution >= 0.6 is 22.6 Å². The molecule has 0 amide bonds. The smallest absolute Gasteiger partial charge is 0.338 e. The maximum absolute atomic E-state index is 11.2. The number of carbonyl (C=O) groups is 1. The summed E-state index contributed by atoms with van der Waals surface area (Å²) in [5.41, 5.74) is 0.809. The van der Waals surface area contributed by atoms with E-state index in [4.69, 9.17) is 0 Å². The summed E-state index contributed by atoms with van der Waals surface area (Å²) in [5, 5.41) is 10.7. The molecule has 0 unspecified atom stereocenters. The zero-order valence-electron chi connectivity index (χ0n) is 8.11. The number of hydrogen-bond donors (Lipinski definition) is 0.